The average Bonchev–Trinajstić information content (AvgIpc) is 2.66. The molecule has 1 aliphatic rings. The van der Waals surface area contributed by atoms with Crippen LogP contribution in [-0.2, 0) is 4.79 Å². The lowest BCUT2D eigenvalue weighted by molar-refractivity contribution is -0.113. The van der Waals surface area contributed by atoms with E-state index in [0.717, 1.165) is 11.1 Å². The minimum absolute atomic E-state index is 0.00724. The van der Waals surface area contributed by atoms with E-state index in [1.165, 1.54) is 0 Å². The summed E-state index contributed by atoms with van der Waals surface area (Å²) in [6.07, 6.45) is 3.69. The molecule has 0 radical (unpaired) electrons. The van der Waals surface area contributed by atoms with Crippen LogP contribution >= 0.6 is 0 Å². The summed E-state index contributed by atoms with van der Waals surface area (Å²) >= 11 is 0. The smallest absolute Gasteiger partial charge is 0.187 e. The Morgan fingerprint density at radius 1 is 0.885 bits per heavy atom. The summed E-state index contributed by atoms with van der Waals surface area (Å²) in [6, 6.07) is 18.6. The number of carbonyl (C=O) groups excluding carboxylic acids is 1. The van der Waals surface area contributed by atoms with Crippen LogP contribution in [0.4, 0.5) is 0 Å². The molecule has 0 unspecified atom stereocenters. The van der Waals surface area contributed by atoms with Crippen molar-refractivity contribution >= 4 is 17.9 Å². The average molecular weight is 339 g/mol. The van der Waals surface area contributed by atoms with Gasteiger partial charge >= 0.3 is 0 Å². The highest BCUT2D eigenvalue weighted by atomic mass is 16.1. The van der Waals surface area contributed by atoms with Crippen LogP contribution < -0.4 is 0 Å². The fraction of sp³-hybridized carbons (Fsp3) is 0.136. The molecule has 1 fully saturated rings. The van der Waals surface area contributed by atoms with Crippen molar-refractivity contribution in [2.45, 2.75) is 0 Å². The van der Waals surface area contributed by atoms with E-state index in [1.54, 1.807) is 24.3 Å². The predicted octanol–water partition coefficient (Wildman–Crippen LogP) is 3.41. The summed E-state index contributed by atoms with van der Waals surface area (Å²) in [5, 5.41) is 18.1. The second-order valence-electron chi connectivity index (χ2n) is 6.32. The molecule has 2 aromatic rings. The Morgan fingerprint density at radius 3 is 1.77 bits per heavy atom. The zero-order chi connectivity index (χ0) is 18.5. The Kier molecular flexibility index (Phi) is 5.08. The minimum atomic E-state index is 0.00724. The molecule has 0 aliphatic carbocycles. The van der Waals surface area contributed by atoms with Gasteiger partial charge in [0, 0.05) is 24.2 Å². The number of likely N-dealkylation sites (tertiary alicyclic amines) is 1. The van der Waals surface area contributed by atoms with Gasteiger partial charge in [0.2, 0.25) is 0 Å². The highest BCUT2D eigenvalue weighted by Crippen LogP contribution is 2.21. The Hall–Kier alpha value is -3.47. The third-order valence-corrected chi connectivity index (χ3v) is 4.18. The van der Waals surface area contributed by atoms with E-state index in [1.807, 2.05) is 43.5 Å². The van der Waals surface area contributed by atoms with E-state index in [-0.39, 0.29) is 5.78 Å². The number of nitrogens with zero attached hydrogens (tertiary/aromatic N) is 3. The van der Waals surface area contributed by atoms with Crippen molar-refractivity contribution in [3.8, 4) is 12.1 Å². The zero-order valence-corrected chi connectivity index (χ0v) is 14.4. The van der Waals surface area contributed by atoms with E-state index < -0.39 is 0 Å². The number of carbonyl (C=O) groups is 1. The van der Waals surface area contributed by atoms with Gasteiger partial charge in [0.1, 0.15) is 0 Å². The van der Waals surface area contributed by atoms with Crippen LogP contribution in [0.1, 0.15) is 22.3 Å². The molecule has 0 N–H and O–H groups in total. The van der Waals surface area contributed by atoms with Gasteiger partial charge in [-0.05, 0) is 54.6 Å². The number of Topliss-reactive ketones (excluding diaryl/α,β-unsaturated/α-hetero) is 1. The number of hydrogen-bond acceptors (Lipinski definition) is 4. The van der Waals surface area contributed by atoms with Gasteiger partial charge in [-0.15, -0.1) is 0 Å². The predicted molar refractivity (Wildman–Crippen MR) is 101 cm³/mol. The lowest BCUT2D eigenvalue weighted by atomic mass is 9.94. The fourth-order valence-corrected chi connectivity index (χ4v) is 3.01. The monoisotopic (exact) mass is 339 g/mol. The molecule has 26 heavy (non-hydrogen) atoms. The number of piperidine rings is 1. The summed E-state index contributed by atoms with van der Waals surface area (Å²) in [5.41, 5.74) is 4.20. The zero-order valence-electron chi connectivity index (χ0n) is 14.4. The highest BCUT2D eigenvalue weighted by molar-refractivity contribution is 6.14. The number of nitriles is 2. The lowest BCUT2D eigenvalue weighted by Gasteiger charge is -2.26. The molecule has 2 aromatic carbocycles. The maximum absolute atomic E-state index is 12.9. The molecule has 1 aliphatic heterocycles. The molecule has 1 heterocycles. The van der Waals surface area contributed by atoms with Crippen molar-refractivity contribution in [3.63, 3.8) is 0 Å². The van der Waals surface area contributed by atoms with Gasteiger partial charge in [0.05, 0.1) is 23.3 Å². The minimum Gasteiger partial charge on any atom is -0.298 e. The van der Waals surface area contributed by atoms with Crippen LogP contribution in [-0.4, -0.2) is 30.8 Å². The van der Waals surface area contributed by atoms with Crippen LogP contribution in [0.15, 0.2) is 59.7 Å². The first-order chi connectivity index (χ1) is 12.6. The van der Waals surface area contributed by atoms with Gasteiger partial charge in [0.25, 0.3) is 0 Å². The number of ketones is 1. The molecular weight excluding hydrogens is 322 g/mol. The molecule has 1 saturated heterocycles. The first-order valence-electron chi connectivity index (χ1n) is 8.24. The van der Waals surface area contributed by atoms with Crippen LogP contribution in [0, 0.1) is 22.7 Å². The van der Waals surface area contributed by atoms with Crippen LogP contribution in [0.3, 0.4) is 0 Å². The van der Waals surface area contributed by atoms with Crippen molar-refractivity contribution in [1.29, 1.82) is 10.5 Å². The number of likely N-dealkylation sites (N-methyl/N-ethyl adjacent to an activating group) is 1. The van der Waals surface area contributed by atoms with Crippen LogP contribution in [0.5, 0.6) is 0 Å². The van der Waals surface area contributed by atoms with E-state index in [0.29, 0.717) is 35.4 Å². The Bertz CT molecular complexity index is 923. The molecule has 4 heteroatoms. The van der Waals surface area contributed by atoms with Gasteiger partial charge in [-0.1, -0.05) is 24.3 Å². The van der Waals surface area contributed by atoms with E-state index in [9.17, 15) is 4.79 Å². The number of rotatable bonds is 2. The van der Waals surface area contributed by atoms with Gasteiger partial charge in [-0.2, -0.15) is 10.5 Å². The van der Waals surface area contributed by atoms with Crippen molar-refractivity contribution in [3.05, 3.63) is 81.9 Å². The Labute approximate surface area is 152 Å². The summed E-state index contributed by atoms with van der Waals surface area (Å²) in [7, 11) is 1.96. The van der Waals surface area contributed by atoms with Crippen molar-refractivity contribution in [1.82, 2.24) is 4.90 Å². The van der Waals surface area contributed by atoms with E-state index in [4.69, 9.17) is 10.5 Å². The molecule has 0 bridgehead atoms. The Balaban J connectivity index is 1.95. The maximum atomic E-state index is 12.9. The second kappa shape index (κ2) is 7.61. The highest BCUT2D eigenvalue weighted by Gasteiger charge is 2.23. The largest absolute Gasteiger partial charge is 0.298 e. The molecule has 0 saturated carbocycles. The summed E-state index contributed by atoms with van der Waals surface area (Å²) in [5.74, 6) is 0.00724. The van der Waals surface area contributed by atoms with Crippen molar-refractivity contribution < 1.29 is 4.79 Å². The van der Waals surface area contributed by atoms with Gasteiger partial charge in [0.15, 0.2) is 5.78 Å². The summed E-state index contributed by atoms with van der Waals surface area (Å²) < 4.78 is 0. The van der Waals surface area contributed by atoms with Crippen LogP contribution in [0.2, 0.25) is 0 Å². The van der Waals surface area contributed by atoms with Crippen LogP contribution in [0.25, 0.3) is 12.2 Å². The first-order valence-corrected chi connectivity index (χ1v) is 8.24. The van der Waals surface area contributed by atoms with E-state index >= 15 is 0 Å². The van der Waals surface area contributed by atoms with Gasteiger partial charge in [-0.25, -0.2) is 0 Å². The first kappa shape index (κ1) is 17.4. The third kappa shape index (κ3) is 3.95. The maximum Gasteiger partial charge on any atom is 0.187 e. The quantitative estimate of drug-likeness (QED) is 0.786. The van der Waals surface area contributed by atoms with E-state index in [2.05, 4.69) is 17.0 Å². The standard InChI is InChI=1S/C22H17N3O/c1-25-14-20(10-16-4-2-6-18(8-16)12-23)22(26)21(15-25)11-17-5-3-7-19(9-17)13-24/h2-11H,14-15H2,1H3/b20-10-,21-11+. The molecule has 0 atom stereocenters. The number of benzene rings is 2. The second-order valence-corrected chi connectivity index (χ2v) is 6.32. The molecule has 0 amide bonds. The summed E-state index contributed by atoms with van der Waals surface area (Å²) in [6.45, 7) is 1.12. The molecule has 0 spiro atoms. The number of hydrogen-bond donors (Lipinski definition) is 0. The molecular formula is C22H17N3O. The normalized spacial score (nSPS) is 17.9. The third-order valence-electron chi connectivity index (χ3n) is 4.18. The van der Waals surface area contributed by atoms with Crippen molar-refractivity contribution in [2.75, 3.05) is 20.1 Å². The van der Waals surface area contributed by atoms with Gasteiger partial charge in [-0.3, -0.25) is 9.69 Å². The topological polar surface area (TPSA) is 67.9 Å². The molecule has 0 aromatic heterocycles. The lowest BCUT2D eigenvalue weighted by Crippen LogP contribution is -2.34. The molecule has 4 nitrogen and oxygen atoms in total. The Morgan fingerprint density at radius 2 is 1.35 bits per heavy atom. The molecule has 3 rings (SSSR count). The van der Waals surface area contributed by atoms with Gasteiger partial charge < -0.3 is 0 Å². The molecule has 126 valence electrons. The van der Waals surface area contributed by atoms with Crippen molar-refractivity contribution in [2.24, 2.45) is 0 Å². The summed E-state index contributed by atoms with van der Waals surface area (Å²) in [4.78, 5) is 15.0. The SMILES string of the molecule is CN1C/C(=C/c2cccc(C#N)c2)C(=O)/C(=C/c2cccc(C#N)c2)C1. The fourth-order valence-electron chi connectivity index (χ4n) is 3.01.